The van der Waals surface area contributed by atoms with Gasteiger partial charge in [-0.3, -0.25) is 0 Å². The van der Waals surface area contributed by atoms with E-state index in [4.69, 9.17) is 11.6 Å². The van der Waals surface area contributed by atoms with Crippen molar-refractivity contribution in [1.29, 1.82) is 0 Å². The van der Waals surface area contributed by atoms with Gasteiger partial charge in [0.25, 0.3) is 0 Å². The average Bonchev–Trinajstić information content (AvgIpc) is 2.67. The number of sulfonamides is 1. The third-order valence-corrected chi connectivity index (χ3v) is 3.26. The molecule has 0 aliphatic heterocycles. The molecule has 0 aromatic carbocycles. The van der Waals surface area contributed by atoms with Gasteiger partial charge in [0.1, 0.15) is 0 Å². The third kappa shape index (κ3) is 4.09. The van der Waals surface area contributed by atoms with Crippen LogP contribution in [-0.4, -0.2) is 20.7 Å². The minimum absolute atomic E-state index is 0.136. The van der Waals surface area contributed by atoms with Gasteiger partial charge in [-0.1, -0.05) is 18.2 Å². The van der Waals surface area contributed by atoms with Gasteiger partial charge in [0.2, 0.25) is 10.0 Å². The SMILES string of the molecule is C=C(Cl)CNS(=O)(=O)CC1CC1. The van der Waals surface area contributed by atoms with Crippen LogP contribution in [0, 0.1) is 5.92 Å². The molecule has 1 rings (SSSR count). The molecule has 0 radical (unpaired) electrons. The van der Waals surface area contributed by atoms with Crippen molar-refractivity contribution < 1.29 is 8.42 Å². The van der Waals surface area contributed by atoms with E-state index in [0.717, 1.165) is 12.8 Å². The summed E-state index contributed by atoms with van der Waals surface area (Å²) in [5, 5.41) is 0.314. The van der Waals surface area contributed by atoms with Gasteiger partial charge in [-0.25, -0.2) is 13.1 Å². The summed E-state index contributed by atoms with van der Waals surface area (Å²) in [5.74, 6) is 0.600. The molecule has 0 unspecified atom stereocenters. The Kier molecular flexibility index (Phi) is 3.15. The molecule has 1 aliphatic rings. The van der Waals surface area contributed by atoms with Gasteiger partial charge in [0.05, 0.1) is 5.75 Å². The zero-order chi connectivity index (χ0) is 9.19. The Morgan fingerprint density at radius 3 is 2.58 bits per heavy atom. The van der Waals surface area contributed by atoms with E-state index in [1.54, 1.807) is 0 Å². The minimum Gasteiger partial charge on any atom is -0.212 e. The molecule has 5 heteroatoms. The topological polar surface area (TPSA) is 46.2 Å². The van der Waals surface area contributed by atoms with Gasteiger partial charge in [-0.15, -0.1) is 0 Å². The minimum atomic E-state index is -3.11. The van der Waals surface area contributed by atoms with Crippen LogP contribution in [0.1, 0.15) is 12.8 Å². The highest BCUT2D eigenvalue weighted by Crippen LogP contribution is 2.29. The molecule has 1 N–H and O–H groups in total. The maximum absolute atomic E-state index is 11.2. The van der Waals surface area contributed by atoms with Crippen LogP contribution in [0.5, 0.6) is 0 Å². The van der Waals surface area contributed by atoms with Crippen LogP contribution in [-0.2, 0) is 10.0 Å². The monoisotopic (exact) mass is 209 g/mol. The Morgan fingerprint density at radius 1 is 1.58 bits per heavy atom. The van der Waals surface area contributed by atoms with E-state index in [1.807, 2.05) is 0 Å². The normalized spacial score (nSPS) is 17.8. The predicted molar refractivity (Wildman–Crippen MR) is 49.5 cm³/mol. The molecule has 0 aromatic rings. The molecule has 0 aromatic heterocycles. The Morgan fingerprint density at radius 2 is 2.17 bits per heavy atom. The molecular weight excluding hydrogens is 198 g/mol. The van der Waals surface area contributed by atoms with Crippen LogP contribution in [0.15, 0.2) is 11.6 Å². The van der Waals surface area contributed by atoms with Crippen LogP contribution in [0.2, 0.25) is 0 Å². The number of hydrogen-bond acceptors (Lipinski definition) is 2. The van der Waals surface area contributed by atoms with E-state index in [2.05, 4.69) is 11.3 Å². The van der Waals surface area contributed by atoms with Gasteiger partial charge in [0, 0.05) is 11.6 Å². The van der Waals surface area contributed by atoms with Crippen LogP contribution < -0.4 is 4.72 Å². The highest BCUT2D eigenvalue weighted by atomic mass is 35.5. The molecule has 0 spiro atoms. The molecule has 0 bridgehead atoms. The molecule has 0 heterocycles. The van der Waals surface area contributed by atoms with Crippen molar-refractivity contribution in [3.63, 3.8) is 0 Å². The van der Waals surface area contributed by atoms with Crippen LogP contribution in [0.3, 0.4) is 0 Å². The largest absolute Gasteiger partial charge is 0.212 e. The summed E-state index contributed by atoms with van der Waals surface area (Å²) in [6, 6.07) is 0. The molecule has 1 aliphatic carbocycles. The summed E-state index contributed by atoms with van der Waals surface area (Å²) in [7, 11) is -3.11. The highest BCUT2D eigenvalue weighted by Gasteiger charge is 2.27. The second kappa shape index (κ2) is 3.77. The van der Waals surface area contributed by atoms with E-state index >= 15 is 0 Å². The van der Waals surface area contributed by atoms with Crippen LogP contribution in [0.4, 0.5) is 0 Å². The summed E-state index contributed by atoms with van der Waals surface area (Å²) in [4.78, 5) is 0. The van der Waals surface area contributed by atoms with E-state index in [1.165, 1.54) is 0 Å². The van der Waals surface area contributed by atoms with Crippen molar-refractivity contribution in [3.05, 3.63) is 11.6 Å². The standard InChI is InChI=1S/C7H12ClNO2S/c1-6(8)4-9-12(10,11)5-7-2-3-7/h7,9H,1-5H2. The summed E-state index contributed by atoms with van der Waals surface area (Å²) in [5.41, 5.74) is 0. The average molecular weight is 210 g/mol. The van der Waals surface area contributed by atoms with Crippen LogP contribution in [0.25, 0.3) is 0 Å². The fourth-order valence-corrected chi connectivity index (χ4v) is 2.45. The van der Waals surface area contributed by atoms with Gasteiger partial charge in [-0.2, -0.15) is 0 Å². The van der Waals surface area contributed by atoms with E-state index in [0.29, 0.717) is 11.0 Å². The Bertz CT molecular complexity index is 269. The number of nitrogens with one attached hydrogen (secondary N) is 1. The fourth-order valence-electron chi connectivity index (χ4n) is 0.842. The molecule has 1 fully saturated rings. The molecule has 1 saturated carbocycles. The van der Waals surface area contributed by atoms with Crippen LogP contribution >= 0.6 is 11.6 Å². The van der Waals surface area contributed by atoms with E-state index < -0.39 is 10.0 Å². The molecule has 3 nitrogen and oxygen atoms in total. The molecular formula is C7H12ClNO2S. The van der Waals surface area contributed by atoms with Crippen molar-refractivity contribution in [3.8, 4) is 0 Å². The number of rotatable bonds is 5. The molecule has 0 amide bonds. The lowest BCUT2D eigenvalue weighted by atomic mass is 10.5. The maximum Gasteiger partial charge on any atom is 0.212 e. The Hall–Kier alpha value is -0.0600. The van der Waals surface area contributed by atoms with E-state index in [-0.39, 0.29) is 12.3 Å². The Labute approximate surface area is 77.8 Å². The third-order valence-electron chi connectivity index (χ3n) is 1.64. The van der Waals surface area contributed by atoms with Gasteiger partial charge >= 0.3 is 0 Å². The van der Waals surface area contributed by atoms with Crippen molar-refractivity contribution in [2.75, 3.05) is 12.3 Å². The second-order valence-corrected chi connectivity index (χ2v) is 5.45. The summed E-state index contributed by atoms with van der Waals surface area (Å²) < 4.78 is 24.7. The van der Waals surface area contributed by atoms with Gasteiger partial charge < -0.3 is 0 Å². The first-order chi connectivity index (χ1) is 5.49. The molecule has 0 saturated heterocycles. The number of halogens is 1. The van der Waals surface area contributed by atoms with Crippen molar-refractivity contribution in [1.82, 2.24) is 4.72 Å². The van der Waals surface area contributed by atoms with Crippen molar-refractivity contribution in [2.45, 2.75) is 12.8 Å². The quantitative estimate of drug-likeness (QED) is 0.736. The summed E-state index contributed by atoms with van der Waals surface area (Å²) in [6.07, 6.45) is 2.06. The second-order valence-electron chi connectivity index (χ2n) is 3.06. The summed E-state index contributed by atoms with van der Waals surface area (Å²) >= 11 is 5.41. The first-order valence-corrected chi connectivity index (χ1v) is 5.83. The fraction of sp³-hybridized carbons (Fsp3) is 0.714. The first kappa shape index (κ1) is 10.0. The highest BCUT2D eigenvalue weighted by molar-refractivity contribution is 7.89. The molecule has 0 atom stereocenters. The molecule has 70 valence electrons. The lowest BCUT2D eigenvalue weighted by molar-refractivity contribution is 0.581. The lowest BCUT2D eigenvalue weighted by Gasteiger charge is -2.03. The predicted octanol–water partition coefficient (Wildman–Crippen LogP) is 1.07. The van der Waals surface area contributed by atoms with E-state index in [9.17, 15) is 8.42 Å². The smallest absolute Gasteiger partial charge is 0.212 e. The summed E-state index contributed by atoms with van der Waals surface area (Å²) in [6.45, 7) is 3.53. The van der Waals surface area contributed by atoms with Gasteiger partial charge in [-0.05, 0) is 18.8 Å². The zero-order valence-corrected chi connectivity index (χ0v) is 8.29. The van der Waals surface area contributed by atoms with Gasteiger partial charge in [0.15, 0.2) is 0 Å². The zero-order valence-electron chi connectivity index (χ0n) is 6.72. The molecule has 12 heavy (non-hydrogen) atoms. The Balaban J connectivity index is 2.31. The number of hydrogen-bond donors (Lipinski definition) is 1. The lowest BCUT2D eigenvalue weighted by Crippen LogP contribution is -2.28. The van der Waals surface area contributed by atoms with Crippen molar-refractivity contribution in [2.24, 2.45) is 5.92 Å². The van der Waals surface area contributed by atoms with Crippen molar-refractivity contribution >= 4 is 21.6 Å². The maximum atomic E-state index is 11.2. The first-order valence-electron chi connectivity index (χ1n) is 3.80.